The molecule has 3 rings (SSSR count). The van der Waals surface area contributed by atoms with Gasteiger partial charge in [-0.2, -0.15) is 0 Å². The lowest BCUT2D eigenvalue weighted by Crippen LogP contribution is -2.33. The van der Waals surface area contributed by atoms with E-state index in [0.717, 1.165) is 11.1 Å². The van der Waals surface area contributed by atoms with Crippen LogP contribution in [0.1, 0.15) is 40.9 Å². The molecule has 2 unspecified atom stereocenters. The SMILES string of the molecule is CCC(=O)Nc1cccc(C(=O)NC2c3ccccc3CC2O)c1. The number of nitrogens with one attached hydrogen (secondary N) is 2. The number of aliphatic hydroxyl groups excluding tert-OH is 1. The molecule has 0 heterocycles. The highest BCUT2D eigenvalue weighted by Gasteiger charge is 2.32. The molecule has 2 atom stereocenters. The summed E-state index contributed by atoms with van der Waals surface area (Å²) in [6, 6.07) is 14.1. The third-order valence-corrected chi connectivity index (χ3v) is 4.22. The molecule has 0 spiro atoms. The van der Waals surface area contributed by atoms with Crippen molar-refractivity contribution in [2.45, 2.75) is 31.9 Å². The van der Waals surface area contributed by atoms with Crippen molar-refractivity contribution in [1.82, 2.24) is 5.32 Å². The van der Waals surface area contributed by atoms with Gasteiger partial charge < -0.3 is 15.7 Å². The Balaban J connectivity index is 1.76. The average molecular weight is 324 g/mol. The first kappa shape index (κ1) is 16.2. The molecule has 5 nitrogen and oxygen atoms in total. The number of amides is 2. The lowest BCUT2D eigenvalue weighted by atomic mass is 10.1. The molecule has 2 aromatic carbocycles. The van der Waals surface area contributed by atoms with Crippen LogP contribution >= 0.6 is 0 Å². The van der Waals surface area contributed by atoms with Crippen molar-refractivity contribution in [1.29, 1.82) is 0 Å². The Morgan fingerprint density at radius 2 is 1.96 bits per heavy atom. The number of carbonyl (C=O) groups is 2. The number of aliphatic hydroxyl groups is 1. The minimum absolute atomic E-state index is 0.104. The zero-order chi connectivity index (χ0) is 17.1. The number of anilines is 1. The molecule has 0 fully saturated rings. The number of benzene rings is 2. The van der Waals surface area contributed by atoms with Gasteiger partial charge in [-0.1, -0.05) is 37.3 Å². The Morgan fingerprint density at radius 3 is 2.75 bits per heavy atom. The van der Waals surface area contributed by atoms with Crippen molar-refractivity contribution >= 4 is 17.5 Å². The smallest absolute Gasteiger partial charge is 0.251 e. The van der Waals surface area contributed by atoms with Gasteiger partial charge in [0.05, 0.1) is 12.1 Å². The highest BCUT2D eigenvalue weighted by Crippen LogP contribution is 2.31. The third-order valence-electron chi connectivity index (χ3n) is 4.22. The van der Waals surface area contributed by atoms with Gasteiger partial charge in [-0.05, 0) is 29.3 Å². The van der Waals surface area contributed by atoms with Gasteiger partial charge in [0.1, 0.15) is 0 Å². The van der Waals surface area contributed by atoms with Gasteiger partial charge in [-0.25, -0.2) is 0 Å². The third kappa shape index (κ3) is 3.31. The van der Waals surface area contributed by atoms with E-state index in [9.17, 15) is 14.7 Å². The summed E-state index contributed by atoms with van der Waals surface area (Å²) in [6.45, 7) is 1.77. The molecule has 1 aliphatic carbocycles. The van der Waals surface area contributed by atoms with Crippen LogP contribution in [0.25, 0.3) is 0 Å². The second kappa shape index (κ2) is 6.84. The lowest BCUT2D eigenvalue weighted by molar-refractivity contribution is -0.115. The summed E-state index contributed by atoms with van der Waals surface area (Å²) in [5.74, 6) is -0.379. The second-order valence-corrected chi connectivity index (χ2v) is 5.90. The maximum absolute atomic E-state index is 12.5. The molecule has 3 N–H and O–H groups in total. The second-order valence-electron chi connectivity index (χ2n) is 5.90. The lowest BCUT2D eigenvalue weighted by Gasteiger charge is -2.18. The number of hydrogen-bond donors (Lipinski definition) is 3. The molecule has 0 radical (unpaired) electrons. The fourth-order valence-electron chi connectivity index (χ4n) is 2.96. The van der Waals surface area contributed by atoms with E-state index >= 15 is 0 Å². The largest absolute Gasteiger partial charge is 0.390 e. The fourth-order valence-corrected chi connectivity index (χ4v) is 2.96. The standard InChI is InChI=1S/C19H20N2O3/c1-2-17(23)20-14-8-5-7-13(10-14)19(24)21-18-15-9-4-3-6-12(15)11-16(18)22/h3-10,16,18,22H,2,11H2,1H3,(H,20,23)(H,21,24). The summed E-state index contributed by atoms with van der Waals surface area (Å²) in [5.41, 5.74) is 3.04. The predicted molar refractivity (Wildman–Crippen MR) is 91.7 cm³/mol. The number of fused-ring (bicyclic) bond motifs is 1. The first-order valence-electron chi connectivity index (χ1n) is 8.05. The Kier molecular flexibility index (Phi) is 4.62. The van der Waals surface area contributed by atoms with Crippen LogP contribution in [0.4, 0.5) is 5.69 Å². The van der Waals surface area contributed by atoms with E-state index in [1.165, 1.54) is 0 Å². The summed E-state index contributed by atoms with van der Waals surface area (Å²) in [5, 5.41) is 15.9. The van der Waals surface area contributed by atoms with Crippen molar-refractivity contribution < 1.29 is 14.7 Å². The molecule has 0 aliphatic heterocycles. The minimum Gasteiger partial charge on any atom is -0.390 e. The molecule has 0 bridgehead atoms. The van der Waals surface area contributed by atoms with Gasteiger partial charge in [-0.15, -0.1) is 0 Å². The minimum atomic E-state index is -0.630. The average Bonchev–Trinajstić information content (AvgIpc) is 2.90. The molecule has 1 aliphatic rings. The van der Waals surface area contributed by atoms with Crippen LogP contribution in [-0.4, -0.2) is 23.0 Å². The van der Waals surface area contributed by atoms with Crippen LogP contribution in [-0.2, 0) is 11.2 Å². The molecule has 2 aromatic rings. The van der Waals surface area contributed by atoms with E-state index in [1.54, 1.807) is 31.2 Å². The first-order valence-corrected chi connectivity index (χ1v) is 8.05. The van der Waals surface area contributed by atoms with Crippen LogP contribution in [0.5, 0.6) is 0 Å². The van der Waals surface area contributed by atoms with Gasteiger partial charge in [0.2, 0.25) is 5.91 Å². The van der Waals surface area contributed by atoms with Crippen LogP contribution in [0.15, 0.2) is 48.5 Å². The molecular formula is C19H20N2O3. The molecule has 0 saturated carbocycles. The molecule has 24 heavy (non-hydrogen) atoms. The molecule has 124 valence electrons. The van der Waals surface area contributed by atoms with E-state index in [4.69, 9.17) is 0 Å². The van der Waals surface area contributed by atoms with E-state index in [-0.39, 0.29) is 11.8 Å². The normalized spacial score (nSPS) is 18.8. The summed E-state index contributed by atoms with van der Waals surface area (Å²) < 4.78 is 0. The van der Waals surface area contributed by atoms with Gasteiger partial charge in [0.25, 0.3) is 5.91 Å². The van der Waals surface area contributed by atoms with E-state index in [0.29, 0.717) is 24.1 Å². The molecule has 5 heteroatoms. The monoisotopic (exact) mass is 324 g/mol. The van der Waals surface area contributed by atoms with Gasteiger partial charge in [0.15, 0.2) is 0 Å². The molecule has 0 saturated heterocycles. The summed E-state index contributed by atoms with van der Waals surface area (Å²) in [4.78, 5) is 24.0. The van der Waals surface area contributed by atoms with Crippen LogP contribution in [0.3, 0.4) is 0 Å². The zero-order valence-electron chi connectivity index (χ0n) is 13.5. The Hall–Kier alpha value is -2.66. The van der Waals surface area contributed by atoms with Crippen molar-refractivity contribution in [3.05, 3.63) is 65.2 Å². The van der Waals surface area contributed by atoms with Crippen LogP contribution in [0.2, 0.25) is 0 Å². The Bertz CT molecular complexity index is 773. The van der Waals surface area contributed by atoms with Crippen LogP contribution in [0, 0.1) is 0 Å². The molecule has 0 aromatic heterocycles. The Morgan fingerprint density at radius 1 is 1.17 bits per heavy atom. The fraction of sp³-hybridized carbons (Fsp3) is 0.263. The summed E-state index contributed by atoms with van der Waals surface area (Å²) >= 11 is 0. The van der Waals surface area contributed by atoms with Gasteiger partial charge >= 0.3 is 0 Å². The summed E-state index contributed by atoms with van der Waals surface area (Å²) in [6.07, 6.45) is 0.282. The van der Waals surface area contributed by atoms with E-state index in [1.807, 2.05) is 24.3 Å². The highest BCUT2D eigenvalue weighted by atomic mass is 16.3. The maximum Gasteiger partial charge on any atom is 0.251 e. The van der Waals surface area contributed by atoms with Crippen molar-refractivity contribution in [2.24, 2.45) is 0 Å². The molecule has 2 amide bonds. The zero-order valence-corrected chi connectivity index (χ0v) is 13.5. The number of rotatable bonds is 4. The predicted octanol–water partition coefficient (Wildman–Crippen LogP) is 2.42. The maximum atomic E-state index is 12.5. The topological polar surface area (TPSA) is 78.4 Å². The van der Waals surface area contributed by atoms with E-state index in [2.05, 4.69) is 10.6 Å². The highest BCUT2D eigenvalue weighted by molar-refractivity contribution is 5.97. The van der Waals surface area contributed by atoms with Crippen LogP contribution < -0.4 is 10.6 Å². The van der Waals surface area contributed by atoms with E-state index < -0.39 is 12.1 Å². The van der Waals surface area contributed by atoms with Crippen molar-refractivity contribution in [2.75, 3.05) is 5.32 Å². The Labute approximate surface area is 140 Å². The van der Waals surface area contributed by atoms with Crippen molar-refractivity contribution in [3.63, 3.8) is 0 Å². The summed E-state index contributed by atoms with van der Waals surface area (Å²) in [7, 11) is 0. The van der Waals surface area contributed by atoms with Crippen molar-refractivity contribution in [3.8, 4) is 0 Å². The number of carbonyl (C=O) groups excluding carboxylic acids is 2. The quantitative estimate of drug-likeness (QED) is 0.808. The van der Waals surface area contributed by atoms with Gasteiger partial charge in [0, 0.05) is 24.1 Å². The molecular weight excluding hydrogens is 304 g/mol. The first-order chi connectivity index (χ1) is 11.6. The van der Waals surface area contributed by atoms with Gasteiger partial charge in [-0.3, -0.25) is 9.59 Å². The number of hydrogen-bond acceptors (Lipinski definition) is 3.